The Labute approximate surface area is 143 Å². The fraction of sp³-hybridized carbons (Fsp3) is 0.636. The van der Waals surface area contributed by atoms with E-state index in [1.807, 2.05) is 0 Å². The van der Waals surface area contributed by atoms with E-state index in [9.17, 15) is 0 Å². The van der Waals surface area contributed by atoms with Crippen molar-refractivity contribution < 1.29 is 0 Å². The summed E-state index contributed by atoms with van der Waals surface area (Å²) in [5.74, 6) is 7.01. The normalized spacial score (nSPS) is 16.6. The molecule has 1 nitrogen and oxygen atoms in total. The quantitative estimate of drug-likeness (QED) is 0.480. The summed E-state index contributed by atoms with van der Waals surface area (Å²) in [6, 6.07) is 10.4. The van der Waals surface area contributed by atoms with Crippen LogP contribution in [0.4, 0.5) is 0 Å². The van der Waals surface area contributed by atoms with Gasteiger partial charge in [0.1, 0.15) is 0 Å². The fourth-order valence-electron chi connectivity index (χ4n) is 3.45. The smallest absolute Gasteiger partial charge is 0.0804 e. The van der Waals surface area contributed by atoms with Gasteiger partial charge in [-0.3, -0.25) is 0 Å². The Morgan fingerprint density at radius 1 is 0.913 bits per heavy atom. The van der Waals surface area contributed by atoms with Crippen molar-refractivity contribution >= 4 is 0 Å². The molecule has 1 aliphatic carbocycles. The van der Waals surface area contributed by atoms with Crippen molar-refractivity contribution in [2.45, 2.75) is 83.1 Å². The van der Waals surface area contributed by atoms with Gasteiger partial charge in [0, 0.05) is 5.56 Å². The van der Waals surface area contributed by atoms with Gasteiger partial charge in [0.25, 0.3) is 0 Å². The molecule has 0 amide bonds. The minimum atomic E-state index is 0.0670. The second-order valence-corrected chi connectivity index (χ2v) is 6.95. The minimum absolute atomic E-state index is 0.0670. The van der Waals surface area contributed by atoms with Crippen molar-refractivity contribution in [1.82, 2.24) is 5.32 Å². The van der Waals surface area contributed by atoms with Gasteiger partial charge in [0.15, 0.2) is 0 Å². The van der Waals surface area contributed by atoms with E-state index < -0.39 is 0 Å². The zero-order valence-electron chi connectivity index (χ0n) is 14.9. The van der Waals surface area contributed by atoms with Crippen LogP contribution in [0.25, 0.3) is 0 Å². The van der Waals surface area contributed by atoms with Gasteiger partial charge in [-0.25, -0.2) is 0 Å². The highest BCUT2D eigenvalue weighted by Crippen LogP contribution is 2.27. The first-order valence-electron chi connectivity index (χ1n) is 9.68. The Bertz CT molecular complexity index is 474. The summed E-state index contributed by atoms with van der Waals surface area (Å²) in [5, 5.41) is 3.82. The number of nitrogens with one attached hydrogen (secondary N) is 1. The van der Waals surface area contributed by atoms with Crippen LogP contribution in [0.2, 0.25) is 0 Å². The van der Waals surface area contributed by atoms with Gasteiger partial charge < -0.3 is 5.32 Å². The molecule has 0 bridgehead atoms. The monoisotopic (exact) mass is 311 g/mol. The summed E-state index contributed by atoms with van der Waals surface area (Å²) in [6.45, 7) is 3.40. The molecule has 2 rings (SSSR count). The molecule has 0 aromatic heterocycles. The topological polar surface area (TPSA) is 12.0 Å². The van der Waals surface area contributed by atoms with Crippen LogP contribution in [0.5, 0.6) is 0 Å². The number of hydrogen-bond donors (Lipinski definition) is 1. The van der Waals surface area contributed by atoms with Crippen molar-refractivity contribution in [3.05, 3.63) is 35.9 Å². The zero-order valence-corrected chi connectivity index (χ0v) is 14.9. The van der Waals surface area contributed by atoms with Crippen LogP contribution in [0.1, 0.15) is 83.1 Å². The minimum Gasteiger partial charge on any atom is -0.301 e. The molecule has 0 aliphatic heterocycles. The van der Waals surface area contributed by atoms with Crippen LogP contribution >= 0.6 is 0 Å². The van der Waals surface area contributed by atoms with E-state index in [0.717, 1.165) is 12.1 Å². The maximum atomic E-state index is 3.82. The molecular weight excluding hydrogens is 278 g/mol. The van der Waals surface area contributed by atoms with E-state index in [1.54, 1.807) is 0 Å². The van der Waals surface area contributed by atoms with Crippen LogP contribution in [0, 0.1) is 11.8 Å². The van der Waals surface area contributed by atoms with Crippen molar-refractivity contribution in [3.8, 4) is 11.8 Å². The maximum Gasteiger partial charge on any atom is 0.0804 e. The lowest BCUT2D eigenvalue weighted by atomic mass is 9.82. The Morgan fingerprint density at radius 3 is 2.35 bits per heavy atom. The predicted octanol–water partition coefficient (Wildman–Crippen LogP) is 5.69. The number of rotatable bonds is 8. The molecule has 126 valence electrons. The summed E-state index contributed by atoms with van der Waals surface area (Å²) in [7, 11) is 0. The first-order valence-corrected chi connectivity index (χ1v) is 9.68. The highest BCUT2D eigenvalue weighted by atomic mass is 15.0. The fourth-order valence-corrected chi connectivity index (χ4v) is 3.45. The van der Waals surface area contributed by atoms with Gasteiger partial charge in [0.2, 0.25) is 0 Å². The van der Waals surface area contributed by atoms with Crippen molar-refractivity contribution in [3.63, 3.8) is 0 Å². The molecule has 1 aromatic carbocycles. The van der Waals surface area contributed by atoms with Crippen LogP contribution in [-0.2, 0) is 0 Å². The molecule has 1 heteroatoms. The standard InChI is InChI=1S/C22H33N/c1-2-3-4-5-6-13-20-23-22(17-11-8-12-18-22)19-16-21-14-9-7-10-15-21/h7,9-10,14-15,23H,2-6,8,11-13,17-18,20H2,1H3. The Hall–Kier alpha value is -1.26. The molecule has 0 heterocycles. The SMILES string of the molecule is CCCCCCCCNC1(C#Cc2ccccc2)CCCCC1. The summed E-state index contributed by atoms with van der Waals surface area (Å²) in [5.41, 5.74) is 1.20. The van der Waals surface area contributed by atoms with E-state index in [2.05, 4.69) is 54.4 Å². The maximum absolute atomic E-state index is 3.82. The predicted molar refractivity (Wildman–Crippen MR) is 101 cm³/mol. The molecule has 1 fully saturated rings. The second-order valence-electron chi connectivity index (χ2n) is 6.95. The molecular formula is C22H33N. The van der Waals surface area contributed by atoms with Crippen LogP contribution in [0.15, 0.2) is 30.3 Å². The summed E-state index contributed by atoms with van der Waals surface area (Å²) in [6.07, 6.45) is 14.6. The summed E-state index contributed by atoms with van der Waals surface area (Å²) in [4.78, 5) is 0. The van der Waals surface area contributed by atoms with Gasteiger partial charge in [-0.1, -0.05) is 88.3 Å². The molecule has 1 aliphatic rings. The lowest BCUT2D eigenvalue weighted by molar-refractivity contribution is 0.299. The highest BCUT2D eigenvalue weighted by molar-refractivity contribution is 5.36. The number of unbranched alkanes of at least 4 members (excludes halogenated alkanes) is 5. The van der Waals surface area contributed by atoms with Crippen molar-refractivity contribution in [2.24, 2.45) is 0 Å². The molecule has 23 heavy (non-hydrogen) atoms. The average molecular weight is 312 g/mol. The van der Waals surface area contributed by atoms with Crippen LogP contribution in [0.3, 0.4) is 0 Å². The van der Waals surface area contributed by atoms with Gasteiger partial charge >= 0.3 is 0 Å². The van der Waals surface area contributed by atoms with Crippen molar-refractivity contribution in [1.29, 1.82) is 0 Å². The van der Waals surface area contributed by atoms with Gasteiger partial charge in [-0.15, -0.1) is 0 Å². The Kier molecular flexibility index (Phi) is 8.26. The lowest BCUT2D eigenvalue weighted by Crippen LogP contribution is -2.46. The molecule has 0 radical (unpaired) electrons. The largest absolute Gasteiger partial charge is 0.301 e. The Balaban J connectivity index is 1.83. The van der Waals surface area contributed by atoms with Gasteiger partial charge in [0.05, 0.1) is 5.54 Å². The van der Waals surface area contributed by atoms with Gasteiger partial charge in [-0.05, 0) is 37.9 Å². The van der Waals surface area contributed by atoms with Crippen molar-refractivity contribution in [2.75, 3.05) is 6.54 Å². The molecule has 1 N–H and O–H groups in total. The summed E-state index contributed by atoms with van der Waals surface area (Å²) >= 11 is 0. The van der Waals surface area contributed by atoms with E-state index in [-0.39, 0.29) is 5.54 Å². The molecule has 0 atom stereocenters. The van der Waals surface area contributed by atoms with E-state index in [0.29, 0.717) is 0 Å². The number of benzene rings is 1. The van der Waals surface area contributed by atoms with Crippen LogP contribution in [-0.4, -0.2) is 12.1 Å². The van der Waals surface area contributed by atoms with Crippen LogP contribution < -0.4 is 5.32 Å². The first kappa shape index (κ1) is 18.1. The molecule has 0 saturated heterocycles. The first-order chi connectivity index (χ1) is 11.3. The molecule has 0 spiro atoms. The van der Waals surface area contributed by atoms with E-state index >= 15 is 0 Å². The number of hydrogen-bond acceptors (Lipinski definition) is 1. The average Bonchev–Trinajstić information content (AvgIpc) is 2.61. The second kappa shape index (κ2) is 10.5. The van der Waals surface area contributed by atoms with Gasteiger partial charge in [-0.2, -0.15) is 0 Å². The summed E-state index contributed by atoms with van der Waals surface area (Å²) < 4.78 is 0. The third-order valence-electron chi connectivity index (χ3n) is 4.92. The zero-order chi connectivity index (χ0) is 16.2. The molecule has 1 aromatic rings. The Morgan fingerprint density at radius 2 is 1.61 bits per heavy atom. The highest BCUT2D eigenvalue weighted by Gasteiger charge is 2.29. The van der Waals surface area contributed by atoms with E-state index in [1.165, 1.54) is 70.6 Å². The molecule has 0 unspecified atom stereocenters. The lowest BCUT2D eigenvalue weighted by Gasteiger charge is -2.33. The third kappa shape index (κ3) is 6.80. The third-order valence-corrected chi connectivity index (χ3v) is 4.92. The van der Waals surface area contributed by atoms with E-state index in [4.69, 9.17) is 0 Å². The molecule has 1 saturated carbocycles.